The standard InChI is InChI=1S/C18H21N3O4/c1-9-10(2)17(23)21-14(9)8-25-18-12-7-15(24-3)13(16(19)22)6-11(12)4-5-20-18/h4-7,9-10,14H,8H2,1-3H3,(H2,19,22)(H,21,23). The predicted molar refractivity (Wildman–Crippen MR) is 92.6 cm³/mol. The molecule has 132 valence electrons. The summed E-state index contributed by atoms with van der Waals surface area (Å²) in [5, 5.41) is 4.43. The first-order valence-corrected chi connectivity index (χ1v) is 8.12. The summed E-state index contributed by atoms with van der Waals surface area (Å²) in [4.78, 5) is 27.6. The van der Waals surface area contributed by atoms with Gasteiger partial charge >= 0.3 is 0 Å². The van der Waals surface area contributed by atoms with E-state index in [1.807, 2.05) is 13.8 Å². The molecular weight excluding hydrogens is 322 g/mol. The number of primary amides is 1. The second-order valence-corrected chi connectivity index (χ2v) is 6.33. The average molecular weight is 343 g/mol. The first kappa shape index (κ1) is 17.0. The lowest BCUT2D eigenvalue weighted by Crippen LogP contribution is -2.34. The van der Waals surface area contributed by atoms with Crippen LogP contribution in [0.4, 0.5) is 0 Å². The number of carbonyl (C=O) groups is 2. The number of benzene rings is 1. The Bertz CT molecular complexity index is 836. The Morgan fingerprint density at radius 1 is 1.36 bits per heavy atom. The van der Waals surface area contributed by atoms with Crippen molar-refractivity contribution in [3.8, 4) is 11.6 Å². The SMILES string of the molecule is COc1cc2c(OCC3NC(=O)C(C)C3C)nccc2cc1C(N)=O. The maximum atomic E-state index is 11.8. The van der Waals surface area contributed by atoms with Crippen molar-refractivity contribution in [1.29, 1.82) is 0 Å². The van der Waals surface area contributed by atoms with E-state index >= 15 is 0 Å². The molecular formula is C18H21N3O4. The lowest BCUT2D eigenvalue weighted by molar-refractivity contribution is -0.122. The summed E-state index contributed by atoms with van der Waals surface area (Å²) in [6.45, 7) is 4.25. The molecule has 2 aromatic rings. The van der Waals surface area contributed by atoms with Crippen LogP contribution in [-0.4, -0.2) is 36.6 Å². The zero-order chi connectivity index (χ0) is 18.1. The Kier molecular flexibility index (Phi) is 4.48. The first-order chi connectivity index (χ1) is 11.9. The molecule has 1 saturated heterocycles. The fourth-order valence-electron chi connectivity index (χ4n) is 3.05. The zero-order valence-corrected chi connectivity index (χ0v) is 14.4. The number of hydrogen-bond donors (Lipinski definition) is 2. The molecule has 3 N–H and O–H groups in total. The van der Waals surface area contributed by atoms with Crippen molar-refractivity contribution in [2.45, 2.75) is 19.9 Å². The Balaban J connectivity index is 1.89. The molecule has 25 heavy (non-hydrogen) atoms. The third-order valence-electron chi connectivity index (χ3n) is 4.88. The average Bonchev–Trinajstić information content (AvgIpc) is 2.85. The number of pyridine rings is 1. The van der Waals surface area contributed by atoms with Crippen molar-refractivity contribution in [1.82, 2.24) is 10.3 Å². The van der Waals surface area contributed by atoms with Gasteiger partial charge in [0.2, 0.25) is 11.8 Å². The predicted octanol–water partition coefficient (Wildman–Crippen LogP) is 1.49. The molecule has 0 saturated carbocycles. The van der Waals surface area contributed by atoms with Crippen LogP contribution in [-0.2, 0) is 4.79 Å². The Hall–Kier alpha value is -2.83. The van der Waals surface area contributed by atoms with E-state index in [1.165, 1.54) is 7.11 Å². The molecule has 0 spiro atoms. The van der Waals surface area contributed by atoms with Crippen LogP contribution in [0.3, 0.4) is 0 Å². The zero-order valence-electron chi connectivity index (χ0n) is 14.4. The number of aromatic nitrogens is 1. The molecule has 0 aliphatic carbocycles. The second-order valence-electron chi connectivity index (χ2n) is 6.33. The molecule has 0 radical (unpaired) electrons. The van der Waals surface area contributed by atoms with Gasteiger partial charge in [0, 0.05) is 17.5 Å². The Morgan fingerprint density at radius 2 is 2.12 bits per heavy atom. The van der Waals surface area contributed by atoms with Gasteiger partial charge in [-0.25, -0.2) is 4.98 Å². The highest BCUT2D eigenvalue weighted by atomic mass is 16.5. The van der Waals surface area contributed by atoms with E-state index in [4.69, 9.17) is 15.2 Å². The van der Waals surface area contributed by atoms with E-state index in [9.17, 15) is 9.59 Å². The van der Waals surface area contributed by atoms with Crippen molar-refractivity contribution in [3.63, 3.8) is 0 Å². The van der Waals surface area contributed by atoms with Crippen LogP contribution in [0.2, 0.25) is 0 Å². The molecule has 3 atom stereocenters. The van der Waals surface area contributed by atoms with Gasteiger partial charge in [-0.3, -0.25) is 9.59 Å². The number of ether oxygens (including phenoxy) is 2. The number of nitrogens with zero attached hydrogens (tertiary/aromatic N) is 1. The summed E-state index contributed by atoms with van der Waals surface area (Å²) in [6.07, 6.45) is 1.61. The molecule has 2 amide bonds. The molecule has 7 heteroatoms. The molecule has 1 aromatic heterocycles. The van der Waals surface area contributed by atoms with Crippen LogP contribution in [0, 0.1) is 11.8 Å². The van der Waals surface area contributed by atoms with E-state index in [-0.39, 0.29) is 23.8 Å². The van der Waals surface area contributed by atoms with Gasteiger partial charge in [-0.2, -0.15) is 0 Å². The molecule has 1 aliphatic heterocycles. The van der Waals surface area contributed by atoms with Crippen molar-refractivity contribution in [2.24, 2.45) is 17.6 Å². The van der Waals surface area contributed by atoms with Crippen molar-refractivity contribution < 1.29 is 19.1 Å². The van der Waals surface area contributed by atoms with Crippen LogP contribution in [0.1, 0.15) is 24.2 Å². The largest absolute Gasteiger partial charge is 0.496 e. The molecule has 1 aromatic carbocycles. The fourth-order valence-corrected chi connectivity index (χ4v) is 3.05. The summed E-state index contributed by atoms with van der Waals surface area (Å²) in [6, 6.07) is 5.06. The van der Waals surface area contributed by atoms with Crippen molar-refractivity contribution in [2.75, 3.05) is 13.7 Å². The summed E-state index contributed by atoms with van der Waals surface area (Å²) in [5.74, 6) is 0.418. The number of amides is 2. The lowest BCUT2D eigenvalue weighted by Gasteiger charge is -2.18. The summed E-state index contributed by atoms with van der Waals surface area (Å²) >= 11 is 0. The van der Waals surface area contributed by atoms with Gasteiger partial charge in [0.25, 0.3) is 5.91 Å². The van der Waals surface area contributed by atoms with Crippen molar-refractivity contribution >= 4 is 22.6 Å². The smallest absolute Gasteiger partial charge is 0.252 e. The molecule has 0 bridgehead atoms. The number of carbonyl (C=O) groups excluding carboxylic acids is 2. The van der Waals surface area contributed by atoms with E-state index < -0.39 is 5.91 Å². The van der Waals surface area contributed by atoms with E-state index in [0.29, 0.717) is 23.8 Å². The summed E-state index contributed by atoms with van der Waals surface area (Å²) in [5.41, 5.74) is 5.70. The first-order valence-electron chi connectivity index (χ1n) is 8.12. The highest BCUT2D eigenvalue weighted by molar-refractivity contribution is 6.01. The van der Waals surface area contributed by atoms with E-state index in [0.717, 1.165) is 10.8 Å². The summed E-state index contributed by atoms with van der Waals surface area (Å²) < 4.78 is 11.1. The van der Waals surface area contributed by atoms with Crippen LogP contribution < -0.4 is 20.5 Å². The van der Waals surface area contributed by atoms with Crippen LogP contribution in [0.5, 0.6) is 11.6 Å². The molecule has 3 rings (SSSR count). The van der Waals surface area contributed by atoms with Gasteiger partial charge in [-0.15, -0.1) is 0 Å². The number of nitrogens with two attached hydrogens (primary N) is 1. The van der Waals surface area contributed by atoms with Gasteiger partial charge in [0.15, 0.2) is 0 Å². The molecule has 1 aliphatic rings. The summed E-state index contributed by atoms with van der Waals surface area (Å²) in [7, 11) is 1.47. The molecule has 2 heterocycles. The lowest BCUT2D eigenvalue weighted by atomic mass is 9.94. The van der Waals surface area contributed by atoms with Gasteiger partial charge in [-0.1, -0.05) is 13.8 Å². The Morgan fingerprint density at radius 3 is 2.72 bits per heavy atom. The second kappa shape index (κ2) is 6.58. The minimum absolute atomic E-state index is 0.0349. The molecule has 3 unspecified atom stereocenters. The fraction of sp³-hybridized carbons (Fsp3) is 0.389. The minimum Gasteiger partial charge on any atom is -0.496 e. The third kappa shape index (κ3) is 3.09. The Labute approximate surface area is 145 Å². The van der Waals surface area contributed by atoms with Gasteiger partial charge in [0.05, 0.1) is 18.7 Å². The van der Waals surface area contributed by atoms with Crippen LogP contribution >= 0.6 is 0 Å². The minimum atomic E-state index is -0.561. The van der Waals surface area contributed by atoms with Crippen LogP contribution in [0.15, 0.2) is 24.4 Å². The van der Waals surface area contributed by atoms with Gasteiger partial charge in [0.1, 0.15) is 12.4 Å². The number of nitrogens with one attached hydrogen (secondary N) is 1. The topological polar surface area (TPSA) is 104 Å². The van der Waals surface area contributed by atoms with Crippen molar-refractivity contribution in [3.05, 3.63) is 30.0 Å². The van der Waals surface area contributed by atoms with Gasteiger partial charge in [-0.05, 0) is 29.5 Å². The normalized spacial score (nSPS) is 22.7. The molecule has 1 fully saturated rings. The number of methoxy groups -OCH3 is 1. The van der Waals surface area contributed by atoms with Gasteiger partial charge < -0.3 is 20.5 Å². The number of hydrogen-bond acceptors (Lipinski definition) is 5. The number of fused-ring (bicyclic) bond motifs is 1. The maximum absolute atomic E-state index is 11.8. The van der Waals surface area contributed by atoms with Crippen LogP contribution in [0.25, 0.3) is 10.8 Å². The maximum Gasteiger partial charge on any atom is 0.252 e. The highest BCUT2D eigenvalue weighted by Gasteiger charge is 2.36. The quantitative estimate of drug-likeness (QED) is 0.856. The number of rotatable bonds is 5. The van der Waals surface area contributed by atoms with E-state index in [2.05, 4.69) is 10.3 Å². The monoisotopic (exact) mass is 343 g/mol. The molecule has 7 nitrogen and oxygen atoms in total. The third-order valence-corrected chi connectivity index (χ3v) is 4.88. The highest BCUT2D eigenvalue weighted by Crippen LogP contribution is 2.31. The van der Waals surface area contributed by atoms with E-state index in [1.54, 1.807) is 24.4 Å².